The second-order valence-corrected chi connectivity index (χ2v) is 5.30. The zero-order valence-electron chi connectivity index (χ0n) is 11.2. The number of hydrogen-bond donors (Lipinski definition) is 1. The highest BCUT2D eigenvalue weighted by Gasteiger charge is 2.27. The van der Waals surface area contributed by atoms with Crippen LogP contribution in [0.25, 0.3) is 0 Å². The van der Waals surface area contributed by atoms with E-state index in [2.05, 4.69) is 41.3 Å². The molecule has 100 valence electrons. The van der Waals surface area contributed by atoms with Crippen molar-refractivity contribution in [2.24, 2.45) is 5.73 Å². The van der Waals surface area contributed by atoms with Gasteiger partial charge in [-0.25, -0.2) is 0 Å². The van der Waals surface area contributed by atoms with Crippen molar-refractivity contribution < 1.29 is 4.52 Å². The lowest BCUT2D eigenvalue weighted by atomic mass is 10.1. The maximum absolute atomic E-state index is 5.91. The van der Waals surface area contributed by atoms with Gasteiger partial charge in [0, 0.05) is 18.4 Å². The van der Waals surface area contributed by atoms with E-state index in [1.807, 2.05) is 0 Å². The first-order valence-electron chi connectivity index (χ1n) is 6.91. The van der Waals surface area contributed by atoms with E-state index in [1.54, 1.807) is 0 Å². The highest BCUT2D eigenvalue weighted by molar-refractivity contribution is 5.34. The largest absolute Gasteiger partial charge is 0.339 e. The van der Waals surface area contributed by atoms with Crippen LogP contribution in [0.3, 0.4) is 0 Å². The Morgan fingerprint density at radius 2 is 2.00 bits per heavy atom. The summed E-state index contributed by atoms with van der Waals surface area (Å²) < 4.78 is 5.41. The number of nitrogens with two attached hydrogens (primary N) is 1. The highest BCUT2D eigenvalue weighted by Crippen LogP contribution is 2.32. The van der Waals surface area contributed by atoms with Crippen molar-refractivity contribution in [3.05, 3.63) is 47.1 Å². The molecule has 1 aromatic carbocycles. The zero-order chi connectivity index (χ0) is 13.2. The SMILES string of the molecule is CCC(N)Cc1noc(C2Cc3ccccc3C2)n1. The van der Waals surface area contributed by atoms with Crippen LogP contribution in [0.4, 0.5) is 0 Å². The van der Waals surface area contributed by atoms with Crippen LogP contribution in [0, 0.1) is 0 Å². The number of rotatable bonds is 4. The van der Waals surface area contributed by atoms with Gasteiger partial charge < -0.3 is 10.3 Å². The second-order valence-electron chi connectivity index (χ2n) is 5.30. The van der Waals surface area contributed by atoms with E-state index < -0.39 is 0 Å². The summed E-state index contributed by atoms with van der Waals surface area (Å²) in [6, 6.07) is 8.65. The van der Waals surface area contributed by atoms with Crippen LogP contribution in [-0.2, 0) is 19.3 Å². The molecule has 2 N–H and O–H groups in total. The molecule has 0 fully saturated rings. The van der Waals surface area contributed by atoms with E-state index in [0.717, 1.165) is 31.0 Å². The predicted octanol–water partition coefficient (Wildman–Crippen LogP) is 2.23. The van der Waals surface area contributed by atoms with Crippen molar-refractivity contribution >= 4 is 0 Å². The third-order valence-corrected chi connectivity index (χ3v) is 3.85. The molecule has 0 spiro atoms. The summed E-state index contributed by atoms with van der Waals surface area (Å²) in [4.78, 5) is 4.51. The zero-order valence-corrected chi connectivity index (χ0v) is 11.2. The lowest BCUT2D eigenvalue weighted by Gasteiger charge is -2.03. The van der Waals surface area contributed by atoms with Gasteiger partial charge in [0.15, 0.2) is 5.82 Å². The van der Waals surface area contributed by atoms with Crippen LogP contribution in [0.15, 0.2) is 28.8 Å². The molecule has 1 aliphatic carbocycles. The normalized spacial score (nSPS) is 16.5. The van der Waals surface area contributed by atoms with E-state index in [4.69, 9.17) is 10.3 Å². The Balaban J connectivity index is 1.72. The van der Waals surface area contributed by atoms with Crippen LogP contribution >= 0.6 is 0 Å². The molecule has 0 saturated carbocycles. The fourth-order valence-corrected chi connectivity index (χ4v) is 2.63. The van der Waals surface area contributed by atoms with Gasteiger partial charge in [0.25, 0.3) is 0 Å². The molecule has 4 nitrogen and oxygen atoms in total. The average Bonchev–Trinajstić information content (AvgIpc) is 3.04. The first kappa shape index (κ1) is 12.4. The molecule has 0 saturated heterocycles. The molecule has 0 aliphatic heterocycles. The number of fused-ring (bicyclic) bond motifs is 1. The van der Waals surface area contributed by atoms with E-state index in [1.165, 1.54) is 11.1 Å². The van der Waals surface area contributed by atoms with E-state index in [9.17, 15) is 0 Å². The second kappa shape index (κ2) is 5.13. The number of nitrogens with zero attached hydrogens (tertiary/aromatic N) is 2. The molecule has 0 radical (unpaired) electrons. The Hall–Kier alpha value is -1.68. The lowest BCUT2D eigenvalue weighted by Crippen LogP contribution is -2.22. The van der Waals surface area contributed by atoms with Gasteiger partial charge in [-0.05, 0) is 30.4 Å². The third kappa shape index (κ3) is 2.54. The minimum Gasteiger partial charge on any atom is -0.339 e. The standard InChI is InChI=1S/C15H19N3O/c1-2-13(16)9-14-17-15(19-18-14)12-7-10-5-3-4-6-11(10)8-12/h3-6,12-13H,2,7-9,16H2,1H3. The van der Waals surface area contributed by atoms with Crippen molar-refractivity contribution in [2.75, 3.05) is 0 Å². The number of hydrogen-bond acceptors (Lipinski definition) is 4. The van der Waals surface area contributed by atoms with Crippen molar-refractivity contribution in [3.8, 4) is 0 Å². The molecular formula is C15H19N3O. The smallest absolute Gasteiger partial charge is 0.230 e. The molecule has 1 unspecified atom stereocenters. The Bertz CT molecular complexity index is 539. The molecule has 2 aromatic rings. The fourth-order valence-electron chi connectivity index (χ4n) is 2.63. The Kier molecular flexibility index (Phi) is 3.34. The summed E-state index contributed by atoms with van der Waals surface area (Å²) in [6.45, 7) is 2.07. The van der Waals surface area contributed by atoms with Crippen molar-refractivity contribution in [2.45, 2.75) is 44.6 Å². The third-order valence-electron chi connectivity index (χ3n) is 3.85. The molecule has 19 heavy (non-hydrogen) atoms. The fraction of sp³-hybridized carbons (Fsp3) is 0.467. The molecule has 0 bridgehead atoms. The van der Waals surface area contributed by atoms with Crippen LogP contribution < -0.4 is 5.73 Å². The van der Waals surface area contributed by atoms with Gasteiger partial charge in [-0.1, -0.05) is 36.3 Å². The molecule has 3 rings (SSSR count). The summed E-state index contributed by atoms with van der Waals surface area (Å²) in [7, 11) is 0. The first-order valence-corrected chi connectivity index (χ1v) is 6.91. The molecule has 4 heteroatoms. The highest BCUT2D eigenvalue weighted by atomic mass is 16.5. The molecular weight excluding hydrogens is 238 g/mol. The van der Waals surface area contributed by atoms with Crippen LogP contribution in [0.5, 0.6) is 0 Å². The maximum atomic E-state index is 5.91. The summed E-state index contributed by atoms with van der Waals surface area (Å²) in [6.07, 6.45) is 3.62. The first-order chi connectivity index (χ1) is 9.26. The quantitative estimate of drug-likeness (QED) is 0.912. The van der Waals surface area contributed by atoms with Crippen molar-refractivity contribution in [1.29, 1.82) is 0 Å². The van der Waals surface area contributed by atoms with Gasteiger partial charge in [-0.15, -0.1) is 0 Å². The topological polar surface area (TPSA) is 64.9 Å². The summed E-state index contributed by atoms with van der Waals surface area (Å²) in [5.41, 5.74) is 8.72. The Morgan fingerprint density at radius 3 is 2.63 bits per heavy atom. The Labute approximate surface area is 113 Å². The minimum absolute atomic E-state index is 0.117. The monoisotopic (exact) mass is 257 g/mol. The summed E-state index contributed by atoms with van der Waals surface area (Å²) in [5, 5.41) is 4.05. The van der Waals surface area contributed by atoms with E-state index in [-0.39, 0.29) is 6.04 Å². The molecule has 1 aliphatic rings. The number of benzene rings is 1. The van der Waals surface area contributed by atoms with Crippen LogP contribution in [-0.4, -0.2) is 16.2 Å². The van der Waals surface area contributed by atoms with Gasteiger partial charge in [-0.3, -0.25) is 0 Å². The Morgan fingerprint density at radius 1 is 1.32 bits per heavy atom. The molecule has 1 atom stereocenters. The van der Waals surface area contributed by atoms with Crippen LogP contribution in [0.2, 0.25) is 0 Å². The molecule has 1 aromatic heterocycles. The summed E-state index contributed by atoms with van der Waals surface area (Å²) >= 11 is 0. The molecule has 0 amide bonds. The van der Waals surface area contributed by atoms with Gasteiger partial charge in [0.1, 0.15) is 0 Å². The van der Waals surface area contributed by atoms with Gasteiger partial charge in [-0.2, -0.15) is 4.98 Å². The predicted molar refractivity (Wildman–Crippen MR) is 72.9 cm³/mol. The molecule has 1 heterocycles. The van der Waals surface area contributed by atoms with Gasteiger partial charge in [0.05, 0.1) is 0 Å². The van der Waals surface area contributed by atoms with Gasteiger partial charge in [0.2, 0.25) is 5.89 Å². The van der Waals surface area contributed by atoms with Crippen molar-refractivity contribution in [3.63, 3.8) is 0 Å². The maximum Gasteiger partial charge on any atom is 0.230 e. The van der Waals surface area contributed by atoms with E-state index >= 15 is 0 Å². The minimum atomic E-state index is 0.117. The van der Waals surface area contributed by atoms with Crippen molar-refractivity contribution in [1.82, 2.24) is 10.1 Å². The van der Waals surface area contributed by atoms with Crippen LogP contribution in [0.1, 0.15) is 42.1 Å². The van der Waals surface area contributed by atoms with E-state index in [0.29, 0.717) is 12.3 Å². The number of aromatic nitrogens is 2. The average molecular weight is 257 g/mol. The lowest BCUT2D eigenvalue weighted by molar-refractivity contribution is 0.350. The van der Waals surface area contributed by atoms with Gasteiger partial charge >= 0.3 is 0 Å². The summed E-state index contributed by atoms with van der Waals surface area (Å²) in [5.74, 6) is 1.83.